The van der Waals surface area contributed by atoms with Crippen LogP contribution in [0.1, 0.15) is 111 Å². The zero-order chi connectivity index (χ0) is 20.1. The van der Waals surface area contributed by atoms with Gasteiger partial charge in [-0.05, 0) is 50.0 Å². The first-order chi connectivity index (χ1) is 13.9. The molecule has 0 nitrogen and oxygen atoms in total. The van der Waals surface area contributed by atoms with Gasteiger partial charge in [0.1, 0.15) is 0 Å². The van der Waals surface area contributed by atoms with Crippen LogP contribution in [0.5, 0.6) is 0 Å². The van der Waals surface area contributed by atoms with Crippen LogP contribution in [0.25, 0.3) is 0 Å². The molecular weight excluding hydrogens is 728 g/mol. The van der Waals surface area contributed by atoms with Crippen molar-refractivity contribution in [3.8, 4) is 0 Å². The van der Waals surface area contributed by atoms with Crippen molar-refractivity contribution in [3.63, 3.8) is 0 Å². The van der Waals surface area contributed by atoms with Crippen LogP contribution in [0.3, 0.4) is 0 Å². The molecule has 198 valence electrons. The zero-order valence-corrected chi connectivity index (χ0v) is 29.8. The number of hydrogen-bond donors (Lipinski definition) is 0. The molecule has 6 radical (unpaired) electrons. The topological polar surface area (TPSA) is 0 Å². The van der Waals surface area contributed by atoms with Crippen molar-refractivity contribution in [1.82, 2.24) is 0 Å². The van der Waals surface area contributed by atoms with Crippen LogP contribution in [0.2, 0.25) is 0 Å². The maximum absolute atomic E-state index is 3.05. The Balaban J connectivity index is -0.0000000747. The van der Waals surface area contributed by atoms with Crippen molar-refractivity contribution in [2.45, 2.75) is 111 Å². The number of hydrogen-bond acceptors (Lipinski definition) is 0. The molecule has 2 rings (SSSR count). The molecule has 0 spiro atoms. The Morgan fingerprint density at radius 2 is 0.800 bits per heavy atom. The minimum Gasteiger partial charge on any atom is -1.00 e. The summed E-state index contributed by atoms with van der Waals surface area (Å²) >= 11 is 0. The van der Waals surface area contributed by atoms with Crippen LogP contribution < -0.4 is 49.6 Å². The van der Waals surface area contributed by atoms with Gasteiger partial charge in [0.2, 0.25) is 0 Å². The predicted octanol–water partition coefficient (Wildman–Crippen LogP) is -2.92. The SMILES string of the molecule is C.CCCCCCCCC1=CC=C=C[CH]1.CCCCCCCCC1=CC=C=C[CH]1.[Cl-].[Cl-].[Cl-].[Cl-].[Sn+2].[Sn+2]. The molecule has 35 heavy (non-hydrogen) atoms. The van der Waals surface area contributed by atoms with Gasteiger partial charge in [-0.15, -0.1) is 11.5 Å². The second-order valence-electron chi connectivity index (χ2n) is 7.85. The van der Waals surface area contributed by atoms with Crippen LogP contribution in [-0.2, 0) is 0 Å². The van der Waals surface area contributed by atoms with Gasteiger partial charge in [-0.1, -0.05) is 109 Å². The largest absolute Gasteiger partial charge is 2.00 e. The molecule has 0 saturated heterocycles. The molecule has 6 heteroatoms. The number of rotatable bonds is 14. The first-order valence-electron chi connectivity index (χ1n) is 11.8. The maximum Gasteiger partial charge on any atom is 2.00 e. The summed E-state index contributed by atoms with van der Waals surface area (Å²) in [5.74, 6) is 0. The summed E-state index contributed by atoms with van der Waals surface area (Å²) in [6.45, 7) is 4.53. The van der Waals surface area contributed by atoms with Crippen molar-refractivity contribution in [3.05, 3.63) is 71.9 Å². The number of halogens is 4. The quantitative estimate of drug-likeness (QED) is 0.101. The summed E-state index contributed by atoms with van der Waals surface area (Å²) in [4.78, 5) is 0. The summed E-state index contributed by atoms with van der Waals surface area (Å²) in [5, 5.41) is 0. The molecule has 0 aliphatic heterocycles. The van der Waals surface area contributed by atoms with Crippen molar-refractivity contribution < 1.29 is 49.6 Å². The Bertz CT molecular complexity index is 533. The molecule has 0 aromatic carbocycles. The second kappa shape index (κ2) is 42.4. The van der Waals surface area contributed by atoms with Gasteiger partial charge in [-0.2, -0.15) is 0 Å². The van der Waals surface area contributed by atoms with Gasteiger partial charge in [-0.25, -0.2) is 0 Å². The molecule has 2 aliphatic rings. The molecule has 0 N–H and O–H groups in total. The normalized spacial score (nSPS) is 11.6. The van der Waals surface area contributed by atoms with Crippen LogP contribution in [0, 0.1) is 12.8 Å². The summed E-state index contributed by atoms with van der Waals surface area (Å²) in [6.07, 6.45) is 35.8. The number of allylic oxidation sites excluding steroid dienone is 6. The molecule has 0 heterocycles. The average molecular weight is 774 g/mol. The average Bonchev–Trinajstić information content (AvgIpc) is 2.75. The van der Waals surface area contributed by atoms with E-state index in [4.69, 9.17) is 0 Å². The summed E-state index contributed by atoms with van der Waals surface area (Å²) in [7, 11) is 0. The molecule has 0 amide bonds. The van der Waals surface area contributed by atoms with Crippen molar-refractivity contribution in [2.24, 2.45) is 0 Å². The Morgan fingerprint density at radius 3 is 1.09 bits per heavy atom. The van der Waals surface area contributed by atoms with E-state index in [2.05, 4.69) is 50.3 Å². The van der Waals surface area contributed by atoms with Gasteiger partial charge in [0, 0.05) is 12.8 Å². The molecule has 0 bridgehead atoms. The van der Waals surface area contributed by atoms with Crippen LogP contribution in [0.4, 0.5) is 0 Å². The van der Waals surface area contributed by atoms with E-state index in [-0.39, 0.29) is 105 Å². The van der Waals surface area contributed by atoms with Gasteiger partial charge >= 0.3 is 47.8 Å². The van der Waals surface area contributed by atoms with Gasteiger partial charge in [0.05, 0.1) is 0 Å². The van der Waals surface area contributed by atoms with E-state index in [1.807, 2.05) is 24.3 Å². The van der Waals surface area contributed by atoms with E-state index in [0.717, 1.165) is 0 Å². The standard InChI is InChI=1S/2C14H21.CH4.4ClH.2Sn/c2*1-2-3-4-5-6-8-11-14-12-9-7-10-13-14;;;;;;;/h2*9-10,12-13H,2-6,8,11H2,1H3;1H4;4*1H;;/q;;;;;;;2*+2/p-4. The molecule has 0 atom stereocenters. The third-order valence-electron chi connectivity index (χ3n) is 5.21. The maximum atomic E-state index is 3.05. The minimum atomic E-state index is 0. The zero-order valence-electron chi connectivity index (χ0n) is 21.0. The number of unbranched alkanes of at least 4 members (excludes halogenated alkanes) is 10. The fourth-order valence-electron chi connectivity index (χ4n) is 3.40. The third kappa shape index (κ3) is 35.3. The molecule has 0 aromatic heterocycles. The van der Waals surface area contributed by atoms with Crippen molar-refractivity contribution in [1.29, 1.82) is 0 Å². The fourth-order valence-corrected chi connectivity index (χ4v) is 3.40. The Labute approximate surface area is 278 Å². The minimum absolute atomic E-state index is 0. The molecule has 0 fully saturated rings. The van der Waals surface area contributed by atoms with E-state index >= 15 is 0 Å². The summed E-state index contributed by atoms with van der Waals surface area (Å²) < 4.78 is 0. The Morgan fingerprint density at radius 1 is 0.486 bits per heavy atom. The van der Waals surface area contributed by atoms with Crippen LogP contribution in [0.15, 0.2) is 59.1 Å². The first-order valence-corrected chi connectivity index (χ1v) is 11.8. The van der Waals surface area contributed by atoms with E-state index in [9.17, 15) is 0 Å². The van der Waals surface area contributed by atoms with E-state index < -0.39 is 0 Å². The fraction of sp³-hybridized carbons (Fsp3) is 0.586. The van der Waals surface area contributed by atoms with E-state index in [1.54, 1.807) is 0 Å². The van der Waals surface area contributed by atoms with Crippen molar-refractivity contribution >= 4 is 47.8 Å². The summed E-state index contributed by atoms with van der Waals surface area (Å²) in [5.41, 5.74) is 9.02. The second-order valence-corrected chi connectivity index (χ2v) is 7.85. The van der Waals surface area contributed by atoms with E-state index in [1.165, 1.54) is 101 Å². The van der Waals surface area contributed by atoms with Crippen LogP contribution in [-0.4, -0.2) is 47.8 Å². The van der Waals surface area contributed by atoms with E-state index in [0.29, 0.717) is 0 Å². The van der Waals surface area contributed by atoms with Gasteiger partial charge in [0.15, 0.2) is 0 Å². The summed E-state index contributed by atoms with van der Waals surface area (Å²) in [6, 6.07) is 0. The molecule has 0 aromatic rings. The molecule has 2 aliphatic carbocycles. The Hall–Kier alpha value is 1.28. The first kappa shape index (κ1) is 52.7. The van der Waals surface area contributed by atoms with Crippen LogP contribution >= 0.6 is 0 Å². The Kier molecular flexibility index (Phi) is 63.8. The third-order valence-corrected chi connectivity index (χ3v) is 5.21. The molecular formula is C29H46Cl4Sn2. The molecule has 0 unspecified atom stereocenters. The smallest absolute Gasteiger partial charge is 1.00 e. The molecule has 0 saturated carbocycles. The van der Waals surface area contributed by atoms with Gasteiger partial charge < -0.3 is 49.6 Å². The van der Waals surface area contributed by atoms with Gasteiger partial charge in [0.25, 0.3) is 0 Å². The van der Waals surface area contributed by atoms with Crippen molar-refractivity contribution in [2.75, 3.05) is 0 Å². The monoisotopic (exact) mass is 774 g/mol. The predicted molar refractivity (Wildman–Crippen MR) is 144 cm³/mol. The van der Waals surface area contributed by atoms with Gasteiger partial charge in [-0.3, -0.25) is 0 Å².